The summed E-state index contributed by atoms with van der Waals surface area (Å²) in [4.78, 5) is 23.1. The standard InChI is InChI=1S/C16H14N4O6/c1-24-16(21)15-14(18)9(7-17)8-19(15)10-5-12-13(6-11(10)20(22)23)26-4-2-3-25-12/h5-6,8H,2-4,18H2,1H3. The molecule has 2 heterocycles. The van der Waals surface area contributed by atoms with Crippen LogP contribution in [0.4, 0.5) is 11.4 Å². The summed E-state index contributed by atoms with van der Waals surface area (Å²) in [6.45, 7) is 0.747. The topological polar surface area (TPSA) is 143 Å². The number of hydrogen-bond acceptors (Lipinski definition) is 8. The average Bonchev–Trinajstić information content (AvgIpc) is 2.80. The number of benzene rings is 1. The number of nitriles is 1. The van der Waals surface area contributed by atoms with Gasteiger partial charge < -0.3 is 24.5 Å². The van der Waals surface area contributed by atoms with Gasteiger partial charge in [0.25, 0.3) is 5.69 Å². The first-order valence-electron chi connectivity index (χ1n) is 7.55. The van der Waals surface area contributed by atoms with Crippen LogP contribution in [0.5, 0.6) is 11.5 Å². The van der Waals surface area contributed by atoms with E-state index in [4.69, 9.17) is 19.9 Å². The summed E-state index contributed by atoms with van der Waals surface area (Å²) in [5, 5.41) is 20.8. The SMILES string of the molecule is COC(=O)c1c(N)c(C#N)cn1-c1cc2c(cc1[N+](=O)[O-])OCCCO2. The van der Waals surface area contributed by atoms with Gasteiger partial charge in [0.2, 0.25) is 0 Å². The molecule has 0 saturated carbocycles. The van der Waals surface area contributed by atoms with Gasteiger partial charge in [0.15, 0.2) is 17.2 Å². The smallest absolute Gasteiger partial charge is 0.357 e. The monoisotopic (exact) mass is 358 g/mol. The van der Waals surface area contributed by atoms with Crippen LogP contribution >= 0.6 is 0 Å². The molecule has 0 aliphatic carbocycles. The Balaban J connectivity index is 2.30. The van der Waals surface area contributed by atoms with Crippen molar-refractivity contribution < 1.29 is 23.9 Å². The van der Waals surface area contributed by atoms with Gasteiger partial charge in [-0.3, -0.25) is 10.1 Å². The van der Waals surface area contributed by atoms with Crippen molar-refractivity contribution in [3.8, 4) is 23.3 Å². The number of rotatable bonds is 3. The number of anilines is 1. The lowest BCUT2D eigenvalue weighted by molar-refractivity contribution is -0.384. The zero-order valence-corrected chi connectivity index (χ0v) is 13.7. The fourth-order valence-electron chi connectivity index (χ4n) is 2.63. The lowest BCUT2D eigenvalue weighted by Gasteiger charge is -2.13. The van der Waals surface area contributed by atoms with Crippen molar-refractivity contribution in [3.05, 3.63) is 39.7 Å². The number of esters is 1. The summed E-state index contributed by atoms with van der Waals surface area (Å²) in [6, 6.07) is 4.45. The molecule has 10 heteroatoms. The molecule has 1 aromatic carbocycles. The van der Waals surface area contributed by atoms with Crippen LogP contribution in [0.25, 0.3) is 5.69 Å². The van der Waals surface area contributed by atoms with Crippen LogP contribution in [-0.4, -0.2) is 35.8 Å². The number of fused-ring (bicyclic) bond motifs is 1. The molecule has 3 rings (SSSR count). The number of carbonyl (C=O) groups excluding carboxylic acids is 1. The van der Waals surface area contributed by atoms with Crippen LogP contribution in [-0.2, 0) is 4.74 Å². The van der Waals surface area contributed by atoms with Gasteiger partial charge >= 0.3 is 5.97 Å². The Hall–Kier alpha value is -3.74. The van der Waals surface area contributed by atoms with Crippen molar-refractivity contribution in [1.29, 1.82) is 5.26 Å². The molecule has 0 radical (unpaired) electrons. The van der Waals surface area contributed by atoms with Crippen molar-refractivity contribution in [2.24, 2.45) is 0 Å². The van der Waals surface area contributed by atoms with E-state index in [-0.39, 0.29) is 34.1 Å². The molecule has 2 N–H and O–H groups in total. The maximum atomic E-state index is 12.1. The van der Waals surface area contributed by atoms with Crippen LogP contribution < -0.4 is 15.2 Å². The van der Waals surface area contributed by atoms with Crippen LogP contribution in [0, 0.1) is 21.4 Å². The summed E-state index contributed by atoms with van der Waals surface area (Å²) < 4.78 is 16.9. The number of carbonyl (C=O) groups is 1. The van der Waals surface area contributed by atoms with Gasteiger partial charge in [0.05, 0.1) is 42.6 Å². The molecular formula is C16H14N4O6. The average molecular weight is 358 g/mol. The molecule has 10 nitrogen and oxygen atoms in total. The third-order valence-electron chi connectivity index (χ3n) is 3.84. The molecule has 1 aromatic heterocycles. The van der Waals surface area contributed by atoms with Crippen LogP contribution in [0.2, 0.25) is 0 Å². The Labute approximate surface area is 147 Å². The third kappa shape index (κ3) is 2.75. The minimum absolute atomic E-state index is 0.00727. The molecule has 0 atom stereocenters. The molecule has 0 fully saturated rings. The summed E-state index contributed by atoms with van der Waals surface area (Å²) in [7, 11) is 1.15. The normalized spacial score (nSPS) is 12.8. The Morgan fingerprint density at radius 1 is 1.38 bits per heavy atom. The number of ether oxygens (including phenoxy) is 3. The van der Waals surface area contributed by atoms with E-state index in [9.17, 15) is 20.2 Å². The van der Waals surface area contributed by atoms with Crippen molar-refractivity contribution >= 4 is 17.3 Å². The Kier molecular flexibility index (Phi) is 4.36. The fourth-order valence-corrected chi connectivity index (χ4v) is 2.63. The van der Waals surface area contributed by atoms with Crippen LogP contribution in [0.3, 0.4) is 0 Å². The third-order valence-corrected chi connectivity index (χ3v) is 3.84. The van der Waals surface area contributed by atoms with E-state index in [0.717, 1.165) is 11.7 Å². The van der Waals surface area contributed by atoms with Crippen molar-refractivity contribution in [1.82, 2.24) is 4.57 Å². The molecule has 26 heavy (non-hydrogen) atoms. The Morgan fingerprint density at radius 3 is 2.62 bits per heavy atom. The maximum Gasteiger partial charge on any atom is 0.357 e. The van der Waals surface area contributed by atoms with Gasteiger partial charge in [-0.2, -0.15) is 5.26 Å². The van der Waals surface area contributed by atoms with E-state index >= 15 is 0 Å². The molecule has 0 spiro atoms. The number of nitrogens with two attached hydrogens (primary N) is 1. The molecular weight excluding hydrogens is 344 g/mol. The van der Waals surface area contributed by atoms with Crippen molar-refractivity contribution in [2.75, 3.05) is 26.1 Å². The number of nitro groups is 1. The largest absolute Gasteiger partial charge is 0.489 e. The first kappa shape index (κ1) is 17.1. The second-order valence-corrected chi connectivity index (χ2v) is 5.37. The summed E-state index contributed by atoms with van der Waals surface area (Å²) in [5.41, 5.74) is 5.21. The van der Waals surface area contributed by atoms with Crippen LogP contribution in [0.1, 0.15) is 22.5 Å². The van der Waals surface area contributed by atoms with Crippen LogP contribution in [0.15, 0.2) is 18.3 Å². The molecule has 0 saturated heterocycles. The Morgan fingerprint density at radius 2 is 2.04 bits per heavy atom. The molecule has 0 amide bonds. The van der Waals surface area contributed by atoms with Crippen molar-refractivity contribution in [3.63, 3.8) is 0 Å². The number of methoxy groups -OCH3 is 1. The summed E-state index contributed by atoms with van der Waals surface area (Å²) in [6.07, 6.45) is 1.87. The zero-order chi connectivity index (χ0) is 18.8. The van der Waals surface area contributed by atoms with Gasteiger partial charge in [-0.05, 0) is 0 Å². The molecule has 2 aromatic rings. The van der Waals surface area contributed by atoms with Gasteiger partial charge in [-0.1, -0.05) is 0 Å². The molecule has 1 aliphatic rings. The first-order chi connectivity index (χ1) is 12.5. The predicted octanol–water partition coefficient (Wildman–Crippen LogP) is 1.79. The lowest BCUT2D eigenvalue weighted by Crippen LogP contribution is -2.12. The van der Waals surface area contributed by atoms with E-state index < -0.39 is 10.9 Å². The number of nitrogens with zero attached hydrogens (tertiary/aromatic N) is 3. The van der Waals surface area contributed by atoms with E-state index in [2.05, 4.69) is 0 Å². The Bertz CT molecular complexity index is 943. The van der Waals surface area contributed by atoms with Crippen molar-refractivity contribution in [2.45, 2.75) is 6.42 Å². The molecule has 1 aliphatic heterocycles. The summed E-state index contributed by atoms with van der Waals surface area (Å²) >= 11 is 0. The van der Waals surface area contributed by atoms with E-state index in [1.165, 1.54) is 18.3 Å². The highest BCUT2D eigenvalue weighted by Crippen LogP contribution is 2.39. The molecule has 134 valence electrons. The van der Waals surface area contributed by atoms with E-state index in [1.807, 2.05) is 6.07 Å². The highest BCUT2D eigenvalue weighted by atomic mass is 16.6. The number of nitro benzene ring substituents is 1. The van der Waals surface area contributed by atoms with Gasteiger partial charge in [-0.15, -0.1) is 0 Å². The number of hydrogen-bond donors (Lipinski definition) is 1. The second-order valence-electron chi connectivity index (χ2n) is 5.37. The predicted molar refractivity (Wildman–Crippen MR) is 88.5 cm³/mol. The van der Waals surface area contributed by atoms with Gasteiger partial charge in [0.1, 0.15) is 11.8 Å². The number of nitrogen functional groups attached to an aromatic ring is 1. The minimum atomic E-state index is -0.828. The van der Waals surface area contributed by atoms with Gasteiger partial charge in [-0.25, -0.2) is 4.79 Å². The second kappa shape index (κ2) is 6.64. The quantitative estimate of drug-likeness (QED) is 0.497. The molecule has 0 unspecified atom stereocenters. The highest BCUT2D eigenvalue weighted by molar-refractivity contribution is 5.96. The highest BCUT2D eigenvalue weighted by Gasteiger charge is 2.28. The zero-order valence-electron chi connectivity index (χ0n) is 13.7. The number of aromatic nitrogens is 1. The fraction of sp³-hybridized carbons (Fsp3) is 0.250. The molecule has 0 bridgehead atoms. The van der Waals surface area contributed by atoms with Gasteiger partial charge in [0, 0.05) is 18.7 Å². The van der Waals surface area contributed by atoms with E-state index in [1.54, 1.807) is 0 Å². The maximum absolute atomic E-state index is 12.1. The van der Waals surface area contributed by atoms with E-state index in [0.29, 0.717) is 25.4 Å². The lowest BCUT2D eigenvalue weighted by atomic mass is 10.2. The summed E-state index contributed by atoms with van der Waals surface area (Å²) in [5.74, 6) is -0.298. The first-order valence-corrected chi connectivity index (χ1v) is 7.55. The minimum Gasteiger partial charge on any atom is -0.489 e.